The van der Waals surface area contributed by atoms with E-state index in [0.29, 0.717) is 10.6 Å². The molecular formula is C13H11N3O2S. The van der Waals surface area contributed by atoms with Crippen LogP contribution in [0.5, 0.6) is 0 Å². The molecule has 1 aromatic carbocycles. The average Bonchev–Trinajstić information content (AvgIpc) is 2.89. The number of rotatable bonds is 2. The molecule has 0 saturated carbocycles. The molecule has 0 fully saturated rings. The lowest BCUT2D eigenvalue weighted by Crippen LogP contribution is -2.10. The van der Waals surface area contributed by atoms with E-state index in [-0.39, 0.29) is 12.5 Å². The van der Waals surface area contributed by atoms with E-state index in [2.05, 4.69) is 26.7 Å². The van der Waals surface area contributed by atoms with E-state index in [9.17, 15) is 4.79 Å². The molecule has 2 rings (SSSR count). The number of hydrogen-bond acceptors (Lipinski definition) is 5. The molecule has 0 aliphatic heterocycles. The van der Waals surface area contributed by atoms with Crippen molar-refractivity contribution in [3.8, 4) is 11.8 Å². The van der Waals surface area contributed by atoms with Crippen molar-refractivity contribution in [1.82, 2.24) is 9.59 Å². The van der Waals surface area contributed by atoms with Crippen LogP contribution in [-0.4, -0.2) is 27.2 Å². The summed E-state index contributed by atoms with van der Waals surface area (Å²) in [5, 5.41) is 15.1. The molecule has 2 aromatic rings. The van der Waals surface area contributed by atoms with Gasteiger partial charge in [0.2, 0.25) is 0 Å². The Morgan fingerprint density at radius 1 is 1.47 bits per heavy atom. The first-order valence-electron chi connectivity index (χ1n) is 5.49. The summed E-state index contributed by atoms with van der Waals surface area (Å²) in [5.41, 5.74) is 2.37. The van der Waals surface area contributed by atoms with Gasteiger partial charge < -0.3 is 10.4 Å². The summed E-state index contributed by atoms with van der Waals surface area (Å²) in [6.45, 7) is 1.72. The predicted molar refractivity (Wildman–Crippen MR) is 73.0 cm³/mol. The SMILES string of the molecule is Cc1cc(C#CCO)cc(NC(=O)c2cnns2)c1. The first-order chi connectivity index (χ1) is 9.19. The lowest BCUT2D eigenvalue weighted by Gasteiger charge is -2.05. The van der Waals surface area contributed by atoms with Gasteiger partial charge in [-0.25, -0.2) is 0 Å². The molecule has 96 valence electrons. The topological polar surface area (TPSA) is 75.1 Å². The van der Waals surface area contributed by atoms with Crippen LogP contribution in [0.3, 0.4) is 0 Å². The number of carbonyl (C=O) groups is 1. The Bertz CT molecular complexity index is 642. The summed E-state index contributed by atoms with van der Waals surface area (Å²) >= 11 is 1.04. The molecule has 1 heterocycles. The van der Waals surface area contributed by atoms with Crippen molar-refractivity contribution in [2.75, 3.05) is 11.9 Å². The summed E-state index contributed by atoms with van der Waals surface area (Å²) in [5.74, 6) is 5.14. The van der Waals surface area contributed by atoms with Crippen molar-refractivity contribution in [3.05, 3.63) is 40.4 Å². The fourth-order valence-electron chi connectivity index (χ4n) is 1.53. The van der Waals surface area contributed by atoms with Gasteiger partial charge in [-0.1, -0.05) is 16.3 Å². The smallest absolute Gasteiger partial charge is 0.269 e. The number of aromatic nitrogens is 2. The van der Waals surface area contributed by atoms with E-state index in [0.717, 1.165) is 22.7 Å². The fraction of sp³-hybridized carbons (Fsp3) is 0.154. The number of nitrogens with one attached hydrogen (secondary N) is 1. The maximum absolute atomic E-state index is 11.9. The highest BCUT2D eigenvalue weighted by atomic mass is 32.1. The molecule has 5 nitrogen and oxygen atoms in total. The van der Waals surface area contributed by atoms with Crippen LogP contribution in [0.15, 0.2) is 24.4 Å². The van der Waals surface area contributed by atoms with Gasteiger partial charge in [0.15, 0.2) is 0 Å². The largest absolute Gasteiger partial charge is 0.384 e. The standard InChI is InChI=1S/C13H11N3O2S/c1-9-5-10(3-2-4-17)7-11(6-9)15-13(18)12-8-14-16-19-12/h5-8,17H,4H2,1H3,(H,15,18). The number of amides is 1. The number of hydrogen-bond donors (Lipinski definition) is 2. The predicted octanol–water partition coefficient (Wildman–Crippen LogP) is 1.44. The van der Waals surface area contributed by atoms with Gasteiger partial charge in [0.05, 0.1) is 6.20 Å². The van der Waals surface area contributed by atoms with Gasteiger partial charge in [-0.2, -0.15) is 0 Å². The Morgan fingerprint density at radius 2 is 2.32 bits per heavy atom. The third-order valence-corrected chi connectivity index (χ3v) is 2.90. The third kappa shape index (κ3) is 3.61. The van der Waals surface area contributed by atoms with Gasteiger partial charge in [-0.15, -0.1) is 5.10 Å². The number of aliphatic hydroxyl groups is 1. The van der Waals surface area contributed by atoms with E-state index < -0.39 is 0 Å². The van der Waals surface area contributed by atoms with Crippen molar-refractivity contribution in [2.45, 2.75) is 6.92 Å². The third-order valence-electron chi connectivity index (χ3n) is 2.23. The highest BCUT2D eigenvalue weighted by molar-refractivity contribution is 7.07. The lowest BCUT2D eigenvalue weighted by molar-refractivity contribution is 0.103. The van der Waals surface area contributed by atoms with E-state index in [1.807, 2.05) is 19.1 Å². The van der Waals surface area contributed by atoms with Crippen molar-refractivity contribution < 1.29 is 9.90 Å². The zero-order valence-corrected chi connectivity index (χ0v) is 11.0. The highest BCUT2D eigenvalue weighted by Crippen LogP contribution is 2.15. The van der Waals surface area contributed by atoms with Gasteiger partial charge in [0, 0.05) is 11.3 Å². The number of carbonyl (C=O) groups excluding carboxylic acids is 1. The molecule has 0 unspecified atom stereocenters. The molecule has 2 N–H and O–H groups in total. The van der Waals surface area contributed by atoms with Gasteiger partial charge in [0.1, 0.15) is 11.5 Å². The van der Waals surface area contributed by atoms with Crippen LogP contribution in [0.2, 0.25) is 0 Å². The normalized spacial score (nSPS) is 9.58. The quantitative estimate of drug-likeness (QED) is 0.812. The van der Waals surface area contributed by atoms with Gasteiger partial charge in [0.25, 0.3) is 5.91 Å². The second-order valence-electron chi connectivity index (χ2n) is 3.78. The molecule has 1 aromatic heterocycles. The lowest BCUT2D eigenvalue weighted by atomic mass is 10.1. The Kier molecular flexibility index (Phi) is 4.23. The minimum absolute atomic E-state index is 0.192. The van der Waals surface area contributed by atoms with Crippen LogP contribution in [0.1, 0.15) is 20.8 Å². The Morgan fingerprint density at radius 3 is 3.00 bits per heavy atom. The van der Waals surface area contributed by atoms with Crippen LogP contribution >= 0.6 is 11.5 Å². The maximum atomic E-state index is 11.9. The molecule has 0 aliphatic rings. The number of benzene rings is 1. The van der Waals surface area contributed by atoms with Crippen LogP contribution in [-0.2, 0) is 0 Å². The second kappa shape index (κ2) is 6.09. The van der Waals surface area contributed by atoms with Crippen molar-refractivity contribution in [2.24, 2.45) is 0 Å². The monoisotopic (exact) mass is 273 g/mol. The zero-order chi connectivity index (χ0) is 13.7. The molecule has 1 amide bonds. The molecule has 0 saturated heterocycles. The first-order valence-corrected chi connectivity index (χ1v) is 6.26. The highest BCUT2D eigenvalue weighted by Gasteiger charge is 2.09. The Labute approximate surface area is 114 Å². The van der Waals surface area contributed by atoms with E-state index in [1.165, 1.54) is 6.20 Å². The van der Waals surface area contributed by atoms with Crippen LogP contribution in [0, 0.1) is 18.8 Å². The molecule has 6 heteroatoms. The summed E-state index contributed by atoms with van der Waals surface area (Å²) in [6.07, 6.45) is 1.42. The Balaban J connectivity index is 2.20. The molecule has 0 aliphatic carbocycles. The first kappa shape index (κ1) is 13.2. The second-order valence-corrected chi connectivity index (χ2v) is 4.57. The van der Waals surface area contributed by atoms with Gasteiger partial charge in [-0.05, 0) is 42.2 Å². The van der Waals surface area contributed by atoms with Crippen molar-refractivity contribution in [1.29, 1.82) is 0 Å². The average molecular weight is 273 g/mol. The van der Waals surface area contributed by atoms with Crippen molar-refractivity contribution >= 4 is 23.1 Å². The number of anilines is 1. The minimum Gasteiger partial charge on any atom is -0.384 e. The number of aliphatic hydroxyl groups excluding tert-OH is 1. The number of aryl methyl sites for hydroxylation is 1. The fourth-order valence-corrected chi connectivity index (χ4v) is 1.94. The molecular weight excluding hydrogens is 262 g/mol. The molecule has 0 spiro atoms. The van der Waals surface area contributed by atoms with Crippen molar-refractivity contribution in [3.63, 3.8) is 0 Å². The minimum atomic E-state index is -0.248. The van der Waals surface area contributed by atoms with Gasteiger partial charge >= 0.3 is 0 Å². The van der Waals surface area contributed by atoms with E-state index in [4.69, 9.17) is 5.11 Å². The number of nitrogens with zero attached hydrogens (tertiary/aromatic N) is 2. The van der Waals surface area contributed by atoms with Crippen LogP contribution < -0.4 is 5.32 Å². The maximum Gasteiger partial charge on any atom is 0.269 e. The van der Waals surface area contributed by atoms with E-state index in [1.54, 1.807) is 6.07 Å². The molecule has 19 heavy (non-hydrogen) atoms. The molecule has 0 radical (unpaired) electrons. The summed E-state index contributed by atoms with van der Waals surface area (Å²) in [6, 6.07) is 5.48. The molecule has 0 bridgehead atoms. The summed E-state index contributed by atoms with van der Waals surface area (Å²) < 4.78 is 3.64. The summed E-state index contributed by atoms with van der Waals surface area (Å²) in [7, 11) is 0. The van der Waals surface area contributed by atoms with Crippen LogP contribution in [0.4, 0.5) is 5.69 Å². The zero-order valence-electron chi connectivity index (χ0n) is 10.2. The Hall–Kier alpha value is -2.23. The van der Waals surface area contributed by atoms with Crippen LogP contribution in [0.25, 0.3) is 0 Å². The van der Waals surface area contributed by atoms with Gasteiger partial charge in [-0.3, -0.25) is 4.79 Å². The van der Waals surface area contributed by atoms with E-state index >= 15 is 0 Å². The molecule has 0 atom stereocenters. The summed E-state index contributed by atoms with van der Waals surface area (Å²) in [4.78, 5) is 12.3.